The molecular weight excluding hydrogens is 209 g/mol. The van der Waals surface area contributed by atoms with Crippen LogP contribution in [0.25, 0.3) is 0 Å². The van der Waals surface area contributed by atoms with Crippen molar-refractivity contribution >= 4 is 0 Å². The van der Waals surface area contributed by atoms with Gasteiger partial charge in [-0.1, -0.05) is 0 Å². The van der Waals surface area contributed by atoms with Crippen LogP contribution in [0.15, 0.2) is 0 Å². The van der Waals surface area contributed by atoms with E-state index in [9.17, 15) is 13.2 Å². The summed E-state index contributed by atoms with van der Waals surface area (Å²) in [7, 11) is 2.95. The zero-order valence-corrected chi connectivity index (χ0v) is 9.34. The van der Waals surface area contributed by atoms with Gasteiger partial charge in [0.1, 0.15) is 6.04 Å². The molecule has 92 valence electrons. The molecule has 0 aromatic rings. The number of hydrogen-bond donors (Lipinski definition) is 1. The Hall–Kier alpha value is -0.330. The molecular formula is C9H19F3N2O. The van der Waals surface area contributed by atoms with Crippen molar-refractivity contribution in [1.29, 1.82) is 0 Å². The first kappa shape index (κ1) is 14.7. The van der Waals surface area contributed by atoms with E-state index in [2.05, 4.69) is 0 Å². The van der Waals surface area contributed by atoms with E-state index < -0.39 is 18.3 Å². The van der Waals surface area contributed by atoms with Crippen molar-refractivity contribution in [1.82, 2.24) is 4.90 Å². The number of alkyl halides is 3. The lowest BCUT2D eigenvalue weighted by molar-refractivity contribution is -0.184. The molecule has 0 saturated carbocycles. The quantitative estimate of drug-likeness (QED) is 0.695. The molecule has 0 rings (SSSR count). The molecule has 3 nitrogen and oxygen atoms in total. The summed E-state index contributed by atoms with van der Waals surface area (Å²) >= 11 is 0. The van der Waals surface area contributed by atoms with Crippen LogP contribution in [0.2, 0.25) is 0 Å². The second kappa shape index (κ2) is 6.30. The Kier molecular flexibility index (Phi) is 6.16. The molecule has 0 bridgehead atoms. The average molecular weight is 228 g/mol. The van der Waals surface area contributed by atoms with Crippen LogP contribution in [0.3, 0.4) is 0 Å². The van der Waals surface area contributed by atoms with Gasteiger partial charge in [0.15, 0.2) is 0 Å². The van der Waals surface area contributed by atoms with Crippen molar-refractivity contribution in [2.45, 2.75) is 31.6 Å². The fraction of sp³-hybridized carbons (Fsp3) is 1.00. The van der Waals surface area contributed by atoms with Crippen LogP contribution in [0.4, 0.5) is 13.2 Å². The Labute approximate surface area is 88.4 Å². The second-order valence-electron chi connectivity index (χ2n) is 3.67. The van der Waals surface area contributed by atoms with Crippen molar-refractivity contribution in [3.8, 4) is 0 Å². The number of methoxy groups -OCH3 is 1. The van der Waals surface area contributed by atoms with E-state index in [1.54, 1.807) is 0 Å². The van der Waals surface area contributed by atoms with Gasteiger partial charge in [0.25, 0.3) is 0 Å². The molecule has 2 unspecified atom stereocenters. The average Bonchev–Trinajstić information content (AvgIpc) is 2.00. The summed E-state index contributed by atoms with van der Waals surface area (Å²) in [5.41, 5.74) is 5.34. The van der Waals surface area contributed by atoms with Crippen molar-refractivity contribution in [2.75, 3.05) is 27.3 Å². The molecule has 0 radical (unpaired) electrons. The molecule has 0 spiro atoms. The fourth-order valence-electron chi connectivity index (χ4n) is 1.55. The summed E-state index contributed by atoms with van der Waals surface area (Å²) < 4.78 is 42.5. The second-order valence-corrected chi connectivity index (χ2v) is 3.67. The largest absolute Gasteiger partial charge is 0.405 e. The monoisotopic (exact) mass is 228 g/mol. The predicted octanol–water partition coefficient (Wildman–Crippen LogP) is 1.23. The van der Waals surface area contributed by atoms with Crippen LogP contribution in [-0.4, -0.2) is 50.5 Å². The molecule has 6 heteroatoms. The molecule has 0 heterocycles. The highest BCUT2D eigenvalue weighted by Gasteiger charge is 2.44. The first-order valence-corrected chi connectivity index (χ1v) is 4.82. The number of halogens is 3. The topological polar surface area (TPSA) is 38.5 Å². The highest BCUT2D eigenvalue weighted by atomic mass is 19.4. The maximum atomic E-state index is 12.6. The maximum absolute atomic E-state index is 12.6. The number of likely N-dealkylation sites (N-methyl/N-ethyl adjacent to an activating group) is 1. The molecule has 2 N–H and O–H groups in total. The Morgan fingerprint density at radius 3 is 2.27 bits per heavy atom. The summed E-state index contributed by atoms with van der Waals surface area (Å²) in [6.45, 7) is 2.14. The smallest absolute Gasteiger partial charge is 0.385 e. The fourth-order valence-corrected chi connectivity index (χ4v) is 1.55. The van der Waals surface area contributed by atoms with Crippen molar-refractivity contribution < 1.29 is 17.9 Å². The summed E-state index contributed by atoms with van der Waals surface area (Å²) in [6.07, 6.45) is -3.72. The van der Waals surface area contributed by atoms with Crippen LogP contribution >= 0.6 is 0 Å². The van der Waals surface area contributed by atoms with E-state index in [1.165, 1.54) is 26.0 Å². The number of nitrogens with zero attached hydrogens (tertiary/aromatic N) is 1. The first-order chi connectivity index (χ1) is 6.80. The van der Waals surface area contributed by atoms with Crippen LogP contribution < -0.4 is 5.73 Å². The molecule has 0 saturated heterocycles. The lowest BCUT2D eigenvalue weighted by Gasteiger charge is -2.32. The zero-order chi connectivity index (χ0) is 12.1. The van der Waals surface area contributed by atoms with Crippen molar-refractivity contribution in [2.24, 2.45) is 5.73 Å². The Morgan fingerprint density at radius 2 is 1.93 bits per heavy atom. The Bertz CT molecular complexity index is 173. The van der Waals surface area contributed by atoms with Crippen LogP contribution in [0.1, 0.15) is 13.3 Å². The van der Waals surface area contributed by atoms with Gasteiger partial charge in [-0.25, -0.2) is 0 Å². The molecule has 15 heavy (non-hydrogen) atoms. The van der Waals surface area contributed by atoms with Gasteiger partial charge >= 0.3 is 6.18 Å². The standard InChI is InChI=1S/C9H19F3N2O/c1-7(13)8(9(10,11)12)14(2)5-4-6-15-3/h7-8H,4-6,13H2,1-3H3. The Morgan fingerprint density at radius 1 is 1.40 bits per heavy atom. The van der Waals surface area contributed by atoms with Gasteiger partial charge in [-0.2, -0.15) is 13.2 Å². The van der Waals surface area contributed by atoms with Gasteiger partial charge in [0, 0.05) is 26.3 Å². The maximum Gasteiger partial charge on any atom is 0.405 e. The van der Waals surface area contributed by atoms with Crippen molar-refractivity contribution in [3.05, 3.63) is 0 Å². The molecule has 0 aromatic heterocycles. The van der Waals surface area contributed by atoms with Gasteiger partial charge in [0.05, 0.1) is 0 Å². The van der Waals surface area contributed by atoms with E-state index in [0.717, 1.165) is 0 Å². The van der Waals surface area contributed by atoms with Crippen molar-refractivity contribution in [3.63, 3.8) is 0 Å². The van der Waals surface area contributed by atoms with Gasteiger partial charge in [-0.05, 0) is 20.4 Å². The van der Waals surface area contributed by atoms with E-state index >= 15 is 0 Å². The predicted molar refractivity (Wildman–Crippen MR) is 52.6 cm³/mol. The molecule has 0 aliphatic carbocycles. The lowest BCUT2D eigenvalue weighted by Crippen LogP contribution is -2.53. The summed E-state index contributed by atoms with van der Waals surface area (Å²) in [6, 6.07) is -2.52. The third kappa shape index (κ3) is 5.34. The normalized spacial score (nSPS) is 16.8. The molecule has 0 aliphatic rings. The van der Waals surface area contributed by atoms with Crippen LogP contribution in [0, 0.1) is 0 Å². The van der Waals surface area contributed by atoms with E-state index in [0.29, 0.717) is 19.6 Å². The summed E-state index contributed by atoms with van der Waals surface area (Å²) in [5, 5.41) is 0. The highest BCUT2D eigenvalue weighted by molar-refractivity contribution is 4.84. The van der Waals surface area contributed by atoms with E-state index in [-0.39, 0.29) is 0 Å². The third-order valence-electron chi connectivity index (χ3n) is 2.17. The number of hydrogen-bond acceptors (Lipinski definition) is 3. The number of nitrogens with two attached hydrogens (primary N) is 1. The SMILES string of the molecule is COCCCN(C)C(C(C)N)C(F)(F)F. The summed E-state index contributed by atoms with van der Waals surface area (Å²) in [5.74, 6) is 0. The first-order valence-electron chi connectivity index (χ1n) is 4.82. The van der Waals surface area contributed by atoms with Gasteiger partial charge in [-0.3, -0.25) is 4.90 Å². The third-order valence-corrected chi connectivity index (χ3v) is 2.17. The Balaban J connectivity index is 4.24. The lowest BCUT2D eigenvalue weighted by atomic mass is 10.1. The molecule has 0 amide bonds. The minimum atomic E-state index is -4.28. The summed E-state index contributed by atoms with van der Waals surface area (Å²) in [4.78, 5) is 1.23. The minimum absolute atomic E-state index is 0.319. The van der Waals surface area contributed by atoms with Gasteiger partial charge in [-0.15, -0.1) is 0 Å². The van der Waals surface area contributed by atoms with Gasteiger partial charge in [0.2, 0.25) is 0 Å². The zero-order valence-electron chi connectivity index (χ0n) is 9.34. The molecule has 0 fully saturated rings. The highest BCUT2D eigenvalue weighted by Crippen LogP contribution is 2.25. The molecule has 2 atom stereocenters. The van der Waals surface area contributed by atoms with Gasteiger partial charge < -0.3 is 10.5 Å². The van der Waals surface area contributed by atoms with E-state index in [4.69, 9.17) is 10.5 Å². The molecule has 0 aliphatic heterocycles. The van der Waals surface area contributed by atoms with E-state index in [1.807, 2.05) is 0 Å². The number of rotatable bonds is 6. The van der Waals surface area contributed by atoms with Crippen LogP contribution in [-0.2, 0) is 4.74 Å². The minimum Gasteiger partial charge on any atom is -0.385 e. The molecule has 0 aromatic carbocycles. The number of ether oxygens (including phenoxy) is 1. The van der Waals surface area contributed by atoms with Crippen LogP contribution in [0.5, 0.6) is 0 Å².